The molecule has 3 heterocycles. The Balaban J connectivity index is 1.40. The average molecular weight is 431 g/mol. The van der Waals surface area contributed by atoms with Crippen LogP contribution in [-0.4, -0.2) is 63.5 Å². The fourth-order valence-corrected chi connectivity index (χ4v) is 4.91. The topological polar surface area (TPSA) is 73.7 Å². The molecule has 3 aromatic rings. The van der Waals surface area contributed by atoms with E-state index in [0.717, 1.165) is 11.1 Å². The highest BCUT2D eigenvalue weighted by Gasteiger charge is 2.54. The summed E-state index contributed by atoms with van der Waals surface area (Å²) in [6.45, 7) is 0.216. The molecule has 5 rings (SSSR count). The fraction of sp³-hybridized carbons (Fsp3) is 0.240. The number of aromatic nitrogens is 1. The molecule has 2 fully saturated rings. The standard InChI is InChI=1S/C25H22FN3O3/c26-20-6-2-1-5-19(20)16-7-9-17(10-8-16)24-21-13-28(14-23(31)29(21)22(24)15-30)25(32)18-4-3-11-27-12-18/h1-12,21-22,24,30H,13-15H2/t21-,22+,24+/m1/s1. The van der Waals surface area contributed by atoms with Gasteiger partial charge >= 0.3 is 0 Å². The van der Waals surface area contributed by atoms with E-state index in [1.807, 2.05) is 24.3 Å². The summed E-state index contributed by atoms with van der Waals surface area (Å²) in [4.78, 5) is 32.9. The minimum absolute atomic E-state index is 0.0142. The third kappa shape index (κ3) is 3.35. The first-order chi connectivity index (χ1) is 15.6. The van der Waals surface area contributed by atoms with Gasteiger partial charge in [-0.25, -0.2) is 4.39 Å². The zero-order valence-electron chi connectivity index (χ0n) is 17.3. The average Bonchev–Trinajstić information content (AvgIpc) is 2.81. The normalized spacial score (nSPS) is 22.3. The zero-order valence-corrected chi connectivity index (χ0v) is 17.3. The first kappa shape index (κ1) is 20.3. The predicted molar refractivity (Wildman–Crippen MR) is 116 cm³/mol. The Morgan fingerprint density at radius 3 is 2.56 bits per heavy atom. The van der Waals surface area contributed by atoms with Crippen LogP contribution in [0.2, 0.25) is 0 Å². The molecule has 0 aliphatic carbocycles. The van der Waals surface area contributed by atoms with Crippen LogP contribution in [-0.2, 0) is 4.79 Å². The van der Waals surface area contributed by atoms with E-state index in [4.69, 9.17) is 0 Å². The van der Waals surface area contributed by atoms with Gasteiger partial charge in [0.2, 0.25) is 5.91 Å². The second-order valence-electron chi connectivity index (χ2n) is 8.17. The zero-order chi connectivity index (χ0) is 22.2. The number of carbonyl (C=O) groups is 2. The van der Waals surface area contributed by atoms with Crippen LogP contribution < -0.4 is 0 Å². The fourth-order valence-electron chi connectivity index (χ4n) is 4.91. The number of piperazine rings is 1. The van der Waals surface area contributed by atoms with Gasteiger partial charge in [-0.1, -0.05) is 42.5 Å². The summed E-state index contributed by atoms with van der Waals surface area (Å²) in [7, 11) is 0. The predicted octanol–water partition coefficient (Wildman–Crippen LogP) is 2.70. The molecule has 7 heteroatoms. The highest BCUT2D eigenvalue weighted by Crippen LogP contribution is 2.43. The molecule has 2 aliphatic heterocycles. The van der Waals surface area contributed by atoms with Crippen LogP contribution in [0.4, 0.5) is 4.39 Å². The van der Waals surface area contributed by atoms with Crippen LogP contribution >= 0.6 is 0 Å². The van der Waals surface area contributed by atoms with Gasteiger partial charge in [0.1, 0.15) is 12.4 Å². The Morgan fingerprint density at radius 1 is 1.09 bits per heavy atom. The first-order valence-corrected chi connectivity index (χ1v) is 10.5. The number of benzene rings is 2. The van der Waals surface area contributed by atoms with E-state index >= 15 is 0 Å². The van der Waals surface area contributed by atoms with Gasteiger partial charge in [-0.05, 0) is 29.3 Å². The Morgan fingerprint density at radius 2 is 1.88 bits per heavy atom. The van der Waals surface area contributed by atoms with Crippen molar-refractivity contribution in [1.82, 2.24) is 14.8 Å². The van der Waals surface area contributed by atoms with E-state index in [1.54, 1.807) is 46.3 Å². The molecule has 2 aromatic carbocycles. The molecular weight excluding hydrogens is 409 g/mol. The lowest BCUT2D eigenvalue weighted by Gasteiger charge is -2.58. The lowest BCUT2D eigenvalue weighted by molar-refractivity contribution is -0.159. The number of aliphatic hydroxyl groups excluding tert-OH is 1. The molecule has 162 valence electrons. The number of aliphatic hydroxyl groups is 1. The summed E-state index contributed by atoms with van der Waals surface area (Å²) in [6.07, 6.45) is 3.09. The third-order valence-electron chi connectivity index (χ3n) is 6.43. The lowest BCUT2D eigenvalue weighted by atomic mass is 9.73. The Hall–Kier alpha value is -3.58. The number of amides is 2. The van der Waals surface area contributed by atoms with Crippen LogP contribution in [0.25, 0.3) is 11.1 Å². The molecule has 0 spiro atoms. The highest BCUT2D eigenvalue weighted by molar-refractivity contribution is 5.97. The molecular formula is C25H22FN3O3. The van der Waals surface area contributed by atoms with Crippen LogP contribution in [0, 0.1) is 5.82 Å². The number of fused-ring (bicyclic) bond motifs is 1. The van der Waals surface area contributed by atoms with Crippen molar-refractivity contribution in [1.29, 1.82) is 0 Å². The van der Waals surface area contributed by atoms with Gasteiger partial charge in [-0.2, -0.15) is 0 Å². The maximum atomic E-state index is 14.1. The molecule has 32 heavy (non-hydrogen) atoms. The van der Waals surface area contributed by atoms with Crippen molar-refractivity contribution in [2.75, 3.05) is 19.7 Å². The van der Waals surface area contributed by atoms with Gasteiger partial charge in [0, 0.05) is 30.4 Å². The molecule has 2 aliphatic rings. The Kier molecular flexibility index (Phi) is 5.19. The summed E-state index contributed by atoms with van der Waals surface area (Å²) >= 11 is 0. The molecule has 1 N–H and O–H groups in total. The van der Waals surface area contributed by atoms with E-state index in [-0.39, 0.29) is 48.8 Å². The van der Waals surface area contributed by atoms with Crippen molar-refractivity contribution in [2.45, 2.75) is 18.0 Å². The lowest BCUT2D eigenvalue weighted by Crippen LogP contribution is -2.73. The van der Waals surface area contributed by atoms with E-state index in [9.17, 15) is 19.1 Å². The maximum absolute atomic E-state index is 14.1. The number of pyridine rings is 1. The van der Waals surface area contributed by atoms with Gasteiger partial charge in [-0.15, -0.1) is 0 Å². The molecule has 2 saturated heterocycles. The molecule has 6 nitrogen and oxygen atoms in total. The molecule has 2 amide bonds. The smallest absolute Gasteiger partial charge is 0.255 e. The van der Waals surface area contributed by atoms with Gasteiger partial charge in [-0.3, -0.25) is 14.6 Å². The molecule has 0 bridgehead atoms. The minimum Gasteiger partial charge on any atom is -0.394 e. The number of hydrogen-bond donors (Lipinski definition) is 1. The molecule has 0 unspecified atom stereocenters. The van der Waals surface area contributed by atoms with Crippen molar-refractivity contribution >= 4 is 11.8 Å². The summed E-state index contributed by atoms with van der Waals surface area (Å²) in [5.74, 6) is -0.794. The maximum Gasteiger partial charge on any atom is 0.255 e. The minimum atomic E-state index is -0.331. The van der Waals surface area contributed by atoms with Crippen LogP contribution in [0.1, 0.15) is 21.8 Å². The second kappa shape index (κ2) is 8.16. The number of rotatable bonds is 4. The van der Waals surface area contributed by atoms with Crippen molar-refractivity contribution in [3.05, 3.63) is 90.0 Å². The summed E-state index contributed by atoms with van der Waals surface area (Å²) < 4.78 is 14.1. The van der Waals surface area contributed by atoms with Gasteiger partial charge < -0.3 is 14.9 Å². The van der Waals surface area contributed by atoms with E-state index < -0.39 is 0 Å². The number of halogens is 1. The molecule has 1 aromatic heterocycles. The van der Waals surface area contributed by atoms with Gasteiger partial charge in [0.05, 0.1) is 24.3 Å². The van der Waals surface area contributed by atoms with Crippen LogP contribution in [0.3, 0.4) is 0 Å². The first-order valence-electron chi connectivity index (χ1n) is 10.5. The second-order valence-corrected chi connectivity index (χ2v) is 8.17. The number of hydrogen-bond acceptors (Lipinski definition) is 4. The van der Waals surface area contributed by atoms with Crippen molar-refractivity contribution < 1.29 is 19.1 Å². The highest BCUT2D eigenvalue weighted by atomic mass is 19.1. The summed E-state index contributed by atoms with van der Waals surface area (Å²) in [6, 6.07) is 17.0. The third-order valence-corrected chi connectivity index (χ3v) is 6.43. The van der Waals surface area contributed by atoms with Crippen LogP contribution in [0.5, 0.6) is 0 Å². The summed E-state index contributed by atoms with van der Waals surface area (Å²) in [5, 5.41) is 9.96. The van der Waals surface area contributed by atoms with Gasteiger partial charge in [0.25, 0.3) is 5.91 Å². The van der Waals surface area contributed by atoms with Crippen molar-refractivity contribution in [3.63, 3.8) is 0 Å². The largest absolute Gasteiger partial charge is 0.394 e. The number of nitrogens with zero attached hydrogens (tertiary/aromatic N) is 3. The summed E-state index contributed by atoms with van der Waals surface area (Å²) in [5.41, 5.74) is 2.68. The quantitative estimate of drug-likeness (QED) is 0.690. The van der Waals surface area contributed by atoms with Crippen molar-refractivity contribution in [3.8, 4) is 11.1 Å². The van der Waals surface area contributed by atoms with Crippen molar-refractivity contribution in [2.24, 2.45) is 0 Å². The molecule has 0 radical (unpaired) electrons. The van der Waals surface area contributed by atoms with E-state index in [2.05, 4.69) is 4.98 Å². The number of carbonyl (C=O) groups excluding carboxylic acids is 2. The molecule has 0 saturated carbocycles. The molecule has 3 atom stereocenters. The van der Waals surface area contributed by atoms with Crippen LogP contribution in [0.15, 0.2) is 73.1 Å². The van der Waals surface area contributed by atoms with E-state index in [1.165, 1.54) is 12.3 Å². The SMILES string of the molecule is O=C(c1cccnc1)N1CC(=O)N2[C@H](C1)[C@H](c1ccc(-c3ccccc3F)cc1)[C@@H]2CO. The van der Waals surface area contributed by atoms with E-state index in [0.29, 0.717) is 17.7 Å². The Bertz CT molecular complexity index is 1150. The monoisotopic (exact) mass is 431 g/mol. The Labute approximate surface area is 184 Å². The van der Waals surface area contributed by atoms with Gasteiger partial charge in [0.15, 0.2) is 0 Å².